The predicted octanol–water partition coefficient (Wildman–Crippen LogP) is 3.26. The fraction of sp³-hybridized carbons (Fsp3) is 0.312. The standard InChI is InChI=1S/C16H17N3O/c1-11(2)12-4-5-13(16(8-12)20-3)14(9-17)15-10-18-6-7-19-15/h4-8,10-11,14H,1-3H3. The molecule has 2 aromatic rings. The summed E-state index contributed by atoms with van der Waals surface area (Å²) in [5.74, 6) is 0.656. The van der Waals surface area contributed by atoms with Crippen LogP contribution in [0.2, 0.25) is 0 Å². The molecule has 0 aliphatic carbocycles. The first-order valence-electron chi connectivity index (χ1n) is 6.50. The van der Waals surface area contributed by atoms with E-state index in [4.69, 9.17) is 4.74 Å². The first kappa shape index (κ1) is 14.0. The third-order valence-electron chi connectivity index (χ3n) is 3.24. The van der Waals surface area contributed by atoms with Crippen LogP contribution in [0.3, 0.4) is 0 Å². The van der Waals surface area contributed by atoms with Crippen molar-refractivity contribution in [3.05, 3.63) is 53.6 Å². The average Bonchev–Trinajstić information content (AvgIpc) is 2.49. The second-order valence-electron chi connectivity index (χ2n) is 4.85. The summed E-state index contributed by atoms with van der Waals surface area (Å²) in [4.78, 5) is 8.24. The molecule has 0 aliphatic heterocycles. The summed E-state index contributed by atoms with van der Waals surface area (Å²) in [7, 11) is 1.62. The van der Waals surface area contributed by atoms with Gasteiger partial charge in [0, 0.05) is 18.0 Å². The Hall–Kier alpha value is -2.41. The molecule has 0 aliphatic rings. The van der Waals surface area contributed by atoms with Crippen molar-refractivity contribution < 1.29 is 4.74 Å². The topological polar surface area (TPSA) is 58.8 Å². The fourth-order valence-electron chi connectivity index (χ4n) is 2.08. The van der Waals surface area contributed by atoms with E-state index in [1.165, 1.54) is 5.56 Å². The summed E-state index contributed by atoms with van der Waals surface area (Å²) in [6.45, 7) is 4.25. The second-order valence-corrected chi connectivity index (χ2v) is 4.85. The molecule has 1 atom stereocenters. The molecule has 0 spiro atoms. The minimum Gasteiger partial charge on any atom is -0.496 e. The molecule has 0 saturated heterocycles. The van der Waals surface area contributed by atoms with Crippen molar-refractivity contribution >= 4 is 0 Å². The lowest BCUT2D eigenvalue weighted by molar-refractivity contribution is 0.408. The minimum atomic E-state index is -0.472. The van der Waals surface area contributed by atoms with E-state index >= 15 is 0 Å². The number of ether oxygens (including phenoxy) is 1. The first-order chi connectivity index (χ1) is 9.67. The second kappa shape index (κ2) is 6.16. The van der Waals surface area contributed by atoms with Crippen LogP contribution in [0, 0.1) is 11.3 Å². The molecule has 102 valence electrons. The van der Waals surface area contributed by atoms with Gasteiger partial charge in [-0.05, 0) is 17.5 Å². The van der Waals surface area contributed by atoms with Gasteiger partial charge in [0.15, 0.2) is 0 Å². The van der Waals surface area contributed by atoms with E-state index in [-0.39, 0.29) is 0 Å². The van der Waals surface area contributed by atoms with E-state index in [1.807, 2.05) is 18.2 Å². The number of nitriles is 1. The maximum absolute atomic E-state index is 9.46. The van der Waals surface area contributed by atoms with E-state index in [9.17, 15) is 5.26 Å². The van der Waals surface area contributed by atoms with Gasteiger partial charge in [0.05, 0.1) is 25.1 Å². The third kappa shape index (κ3) is 2.77. The Morgan fingerprint density at radius 3 is 2.60 bits per heavy atom. The molecule has 0 amide bonds. The SMILES string of the molecule is COc1cc(C(C)C)ccc1C(C#N)c1cnccn1. The molecule has 1 heterocycles. The van der Waals surface area contributed by atoms with Gasteiger partial charge in [0.25, 0.3) is 0 Å². The van der Waals surface area contributed by atoms with Crippen LogP contribution in [0.5, 0.6) is 5.75 Å². The number of nitrogens with zero attached hydrogens (tertiary/aromatic N) is 3. The molecule has 20 heavy (non-hydrogen) atoms. The zero-order valence-electron chi connectivity index (χ0n) is 11.9. The van der Waals surface area contributed by atoms with Crippen molar-refractivity contribution in [1.29, 1.82) is 5.26 Å². The molecule has 0 bridgehead atoms. The van der Waals surface area contributed by atoms with Crippen LogP contribution in [0.25, 0.3) is 0 Å². The summed E-state index contributed by atoms with van der Waals surface area (Å²) in [5, 5.41) is 9.46. The van der Waals surface area contributed by atoms with Crippen LogP contribution < -0.4 is 4.74 Å². The van der Waals surface area contributed by atoms with Crippen molar-refractivity contribution in [2.45, 2.75) is 25.7 Å². The molecule has 1 aromatic heterocycles. The van der Waals surface area contributed by atoms with Gasteiger partial charge < -0.3 is 4.74 Å². The molecular weight excluding hydrogens is 250 g/mol. The molecule has 1 aromatic carbocycles. The smallest absolute Gasteiger partial charge is 0.124 e. The Kier molecular flexibility index (Phi) is 4.31. The summed E-state index contributed by atoms with van der Waals surface area (Å²) in [6.07, 6.45) is 4.80. The van der Waals surface area contributed by atoms with Gasteiger partial charge in [0.1, 0.15) is 11.7 Å². The number of benzene rings is 1. The fourth-order valence-corrected chi connectivity index (χ4v) is 2.08. The summed E-state index contributed by atoms with van der Waals surface area (Å²) in [5.41, 5.74) is 2.63. The van der Waals surface area contributed by atoms with E-state index in [0.717, 1.165) is 5.56 Å². The summed E-state index contributed by atoms with van der Waals surface area (Å²) in [6, 6.07) is 8.23. The molecule has 4 nitrogen and oxygen atoms in total. The Labute approximate surface area is 119 Å². The van der Waals surface area contributed by atoms with Crippen molar-refractivity contribution in [3.63, 3.8) is 0 Å². The van der Waals surface area contributed by atoms with E-state index < -0.39 is 5.92 Å². The molecule has 0 fully saturated rings. The lowest BCUT2D eigenvalue weighted by Crippen LogP contribution is -2.04. The third-order valence-corrected chi connectivity index (χ3v) is 3.24. The normalized spacial score (nSPS) is 11.9. The monoisotopic (exact) mass is 267 g/mol. The number of methoxy groups -OCH3 is 1. The Morgan fingerprint density at radius 1 is 1.25 bits per heavy atom. The van der Waals surface area contributed by atoms with E-state index in [2.05, 4.69) is 29.9 Å². The van der Waals surface area contributed by atoms with Crippen LogP contribution in [-0.4, -0.2) is 17.1 Å². The molecule has 0 N–H and O–H groups in total. The van der Waals surface area contributed by atoms with E-state index in [1.54, 1.807) is 25.7 Å². The van der Waals surface area contributed by atoms with Gasteiger partial charge in [-0.1, -0.05) is 26.0 Å². The van der Waals surface area contributed by atoms with Crippen LogP contribution in [0.4, 0.5) is 0 Å². The molecule has 0 saturated carbocycles. The molecule has 2 rings (SSSR count). The lowest BCUT2D eigenvalue weighted by Gasteiger charge is -2.15. The van der Waals surface area contributed by atoms with Crippen molar-refractivity contribution in [3.8, 4) is 11.8 Å². The van der Waals surface area contributed by atoms with Crippen LogP contribution >= 0.6 is 0 Å². The maximum atomic E-state index is 9.46. The zero-order valence-corrected chi connectivity index (χ0v) is 11.9. The largest absolute Gasteiger partial charge is 0.496 e. The van der Waals surface area contributed by atoms with Crippen LogP contribution in [-0.2, 0) is 0 Å². The Morgan fingerprint density at radius 2 is 2.05 bits per heavy atom. The summed E-state index contributed by atoms with van der Waals surface area (Å²) < 4.78 is 5.44. The molecule has 1 unspecified atom stereocenters. The van der Waals surface area contributed by atoms with Gasteiger partial charge >= 0.3 is 0 Å². The summed E-state index contributed by atoms with van der Waals surface area (Å²) >= 11 is 0. The average molecular weight is 267 g/mol. The number of hydrogen-bond donors (Lipinski definition) is 0. The zero-order chi connectivity index (χ0) is 14.5. The maximum Gasteiger partial charge on any atom is 0.124 e. The number of aromatic nitrogens is 2. The highest BCUT2D eigenvalue weighted by Crippen LogP contribution is 2.32. The van der Waals surface area contributed by atoms with Gasteiger partial charge in [-0.2, -0.15) is 5.26 Å². The van der Waals surface area contributed by atoms with Crippen LogP contribution in [0.15, 0.2) is 36.8 Å². The van der Waals surface area contributed by atoms with E-state index in [0.29, 0.717) is 17.4 Å². The molecule has 4 heteroatoms. The Bertz CT molecular complexity index is 617. The highest BCUT2D eigenvalue weighted by atomic mass is 16.5. The predicted molar refractivity (Wildman–Crippen MR) is 76.6 cm³/mol. The quantitative estimate of drug-likeness (QED) is 0.853. The van der Waals surface area contributed by atoms with Crippen molar-refractivity contribution in [2.24, 2.45) is 0 Å². The number of hydrogen-bond acceptors (Lipinski definition) is 4. The minimum absolute atomic E-state index is 0.412. The molecule has 0 radical (unpaired) electrons. The molecular formula is C16H17N3O. The van der Waals surface area contributed by atoms with Crippen molar-refractivity contribution in [1.82, 2.24) is 9.97 Å². The van der Waals surface area contributed by atoms with Gasteiger partial charge in [0.2, 0.25) is 0 Å². The highest BCUT2D eigenvalue weighted by molar-refractivity contribution is 5.46. The van der Waals surface area contributed by atoms with Crippen LogP contribution in [0.1, 0.15) is 42.5 Å². The van der Waals surface area contributed by atoms with Gasteiger partial charge in [-0.25, -0.2) is 0 Å². The van der Waals surface area contributed by atoms with Gasteiger partial charge in [-0.15, -0.1) is 0 Å². The van der Waals surface area contributed by atoms with Gasteiger partial charge in [-0.3, -0.25) is 9.97 Å². The van der Waals surface area contributed by atoms with Crippen molar-refractivity contribution in [2.75, 3.05) is 7.11 Å². The lowest BCUT2D eigenvalue weighted by atomic mass is 9.93. The number of rotatable bonds is 4. The first-order valence-corrected chi connectivity index (χ1v) is 6.50. The highest BCUT2D eigenvalue weighted by Gasteiger charge is 2.20. The Balaban J connectivity index is 2.48.